The number of hydrogen-bond donors (Lipinski definition) is 1. The standard InChI is InChI=1S/C22H25F4N3O3/c1-4-5-18(30)10-17-9-15(6-7-27-17)19(31)29-14(3)16-8-13(2)20(28-11-16)32-12-22(25,26)21(23)24/h6-9,11,14,21H,4-5,10,12H2,1-3H3,(H,29,31). The van der Waals surface area contributed by atoms with Crippen LogP contribution < -0.4 is 10.1 Å². The van der Waals surface area contributed by atoms with Gasteiger partial charge in [0.25, 0.3) is 5.91 Å². The lowest BCUT2D eigenvalue weighted by molar-refractivity contribution is -0.148. The lowest BCUT2D eigenvalue weighted by Gasteiger charge is -2.18. The minimum atomic E-state index is -4.28. The van der Waals surface area contributed by atoms with Crippen LogP contribution in [0.4, 0.5) is 17.6 Å². The molecule has 0 radical (unpaired) electrons. The van der Waals surface area contributed by atoms with Crippen molar-refractivity contribution in [3.05, 3.63) is 53.0 Å². The first kappa shape index (κ1) is 25.2. The van der Waals surface area contributed by atoms with Crippen LogP contribution in [0.2, 0.25) is 0 Å². The number of carbonyl (C=O) groups excluding carboxylic acids is 2. The Morgan fingerprint density at radius 2 is 1.94 bits per heavy atom. The van der Waals surface area contributed by atoms with Crippen molar-refractivity contribution in [1.29, 1.82) is 0 Å². The van der Waals surface area contributed by atoms with Crippen LogP contribution in [0.25, 0.3) is 0 Å². The van der Waals surface area contributed by atoms with Gasteiger partial charge in [0.2, 0.25) is 5.88 Å². The van der Waals surface area contributed by atoms with Crippen molar-refractivity contribution in [3.8, 4) is 5.88 Å². The molecule has 0 spiro atoms. The number of rotatable bonds is 11. The highest BCUT2D eigenvalue weighted by Crippen LogP contribution is 2.26. The third kappa shape index (κ3) is 7.00. The van der Waals surface area contributed by atoms with Gasteiger partial charge in [-0.2, -0.15) is 8.78 Å². The summed E-state index contributed by atoms with van der Waals surface area (Å²) in [5.74, 6) is -4.82. The molecule has 0 aliphatic heterocycles. The average molecular weight is 455 g/mol. The minimum Gasteiger partial charge on any atom is -0.471 e. The van der Waals surface area contributed by atoms with E-state index in [-0.39, 0.29) is 18.1 Å². The molecule has 1 N–H and O–H groups in total. The number of nitrogens with zero attached hydrogens (tertiary/aromatic N) is 2. The molecule has 2 heterocycles. The van der Waals surface area contributed by atoms with Crippen LogP contribution in [-0.4, -0.2) is 40.6 Å². The Hall–Kier alpha value is -3.04. The molecule has 174 valence electrons. The molecule has 2 rings (SSSR count). The second-order valence-corrected chi connectivity index (χ2v) is 7.44. The van der Waals surface area contributed by atoms with Crippen molar-refractivity contribution in [1.82, 2.24) is 15.3 Å². The van der Waals surface area contributed by atoms with Gasteiger partial charge in [-0.15, -0.1) is 0 Å². The zero-order valence-corrected chi connectivity index (χ0v) is 18.0. The zero-order valence-electron chi connectivity index (χ0n) is 18.0. The number of ether oxygens (including phenoxy) is 1. The number of amides is 1. The van der Waals surface area contributed by atoms with Crippen molar-refractivity contribution in [2.24, 2.45) is 0 Å². The number of nitrogens with one attached hydrogen (secondary N) is 1. The zero-order chi connectivity index (χ0) is 23.9. The first-order valence-electron chi connectivity index (χ1n) is 10.1. The number of Topliss-reactive ketones (excluding diaryl/α,β-unsaturated/α-hetero) is 1. The average Bonchev–Trinajstić information content (AvgIpc) is 2.73. The third-order valence-electron chi connectivity index (χ3n) is 4.61. The van der Waals surface area contributed by atoms with Gasteiger partial charge in [0.15, 0.2) is 6.61 Å². The summed E-state index contributed by atoms with van der Waals surface area (Å²) in [4.78, 5) is 32.4. The van der Waals surface area contributed by atoms with Crippen molar-refractivity contribution in [2.45, 2.75) is 58.4 Å². The highest BCUT2D eigenvalue weighted by molar-refractivity contribution is 5.94. The Morgan fingerprint density at radius 3 is 2.56 bits per heavy atom. The van der Waals surface area contributed by atoms with Crippen LogP contribution in [0.1, 0.15) is 59.9 Å². The van der Waals surface area contributed by atoms with Gasteiger partial charge in [0.05, 0.1) is 6.04 Å². The van der Waals surface area contributed by atoms with E-state index in [1.54, 1.807) is 19.1 Å². The second kappa shape index (κ2) is 11.0. The number of aryl methyl sites for hydroxylation is 1. The summed E-state index contributed by atoms with van der Waals surface area (Å²) in [7, 11) is 0. The lowest BCUT2D eigenvalue weighted by atomic mass is 10.1. The van der Waals surface area contributed by atoms with E-state index in [0.29, 0.717) is 28.8 Å². The second-order valence-electron chi connectivity index (χ2n) is 7.44. The molecule has 2 aromatic rings. The Morgan fingerprint density at radius 1 is 1.22 bits per heavy atom. The molecule has 0 saturated heterocycles. The molecule has 0 fully saturated rings. The van der Waals surface area contributed by atoms with Gasteiger partial charge in [-0.1, -0.05) is 6.92 Å². The highest BCUT2D eigenvalue weighted by Gasteiger charge is 2.42. The van der Waals surface area contributed by atoms with Gasteiger partial charge >= 0.3 is 12.3 Å². The van der Waals surface area contributed by atoms with E-state index in [2.05, 4.69) is 15.3 Å². The molecule has 10 heteroatoms. The van der Waals surface area contributed by atoms with Crippen LogP contribution in [0.15, 0.2) is 30.6 Å². The molecule has 1 atom stereocenters. The van der Waals surface area contributed by atoms with Gasteiger partial charge in [0.1, 0.15) is 5.78 Å². The predicted octanol–water partition coefficient (Wildman–Crippen LogP) is 4.47. The first-order valence-corrected chi connectivity index (χ1v) is 10.1. The third-order valence-corrected chi connectivity index (χ3v) is 4.61. The van der Waals surface area contributed by atoms with Gasteiger partial charge in [-0.3, -0.25) is 14.6 Å². The molecule has 0 bridgehead atoms. The van der Waals surface area contributed by atoms with Gasteiger partial charge in [-0.05, 0) is 44.0 Å². The number of aromatic nitrogens is 2. The van der Waals surface area contributed by atoms with E-state index in [1.807, 2.05) is 6.92 Å². The van der Waals surface area contributed by atoms with Crippen LogP contribution >= 0.6 is 0 Å². The van der Waals surface area contributed by atoms with Crippen molar-refractivity contribution in [3.63, 3.8) is 0 Å². The van der Waals surface area contributed by atoms with Gasteiger partial charge < -0.3 is 10.1 Å². The van der Waals surface area contributed by atoms with Crippen LogP contribution in [0, 0.1) is 6.92 Å². The molecule has 0 aliphatic rings. The summed E-state index contributed by atoms with van der Waals surface area (Å²) in [6.07, 6.45) is 0.273. The SMILES string of the molecule is CCCC(=O)Cc1cc(C(=O)NC(C)c2cnc(OCC(F)(F)C(F)F)c(C)c2)ccn1. The highest BCUT2D eigenvalue weighted by atomic mass is 19.3. The van der Waals surface area contributed by atoms with E-state index >= 15 is 0 Å². The molecule has 0 aliphatic carbocycles. The summed E-state index contributed by atoms with van der Waals surface area (Å²) in [5.41, 5.74) is 1.76. The molecule has 2 aromatic heterocycles. The first-order chi connectivity index (χ1) is 15.0. The quantitative estimate of drug-likeness (QED) is 0.506. The molecule has 6 nitrogen and oxygen atoms in total. The molecular weight excluding hydrogens is 430 g/mol. The predicted molar refractivity (Wildman–Crippen MR) is 109 cm³/mol. The largest absolute Gasteiger partial charge is 0.471 e. The van der Waals surface area contributed by atoms with Crippen LogP contribution in [0.3, 0.4) is 0 Å². The fourth-order valence-electron chi connectivity index (χ4n) is 2.85. The Balaban J connectivity index is 2.03. The van der Waals surface area contributed by atoms with Crippen molar-refractivity contribution >= 4 is 11.7 Å². The molecular formula is C22H25F4N3O3. The summed E-state index contributed by atoms with van der Waals surface area (Å²) in [6, 6.07) is 4.15. The smallest absolute Gasteiger partial charge is 0.340 e. The molecule has 1 amide bonds. The summed E-state index contributed by atoms with van der Waals surface area (Å²) >= 11 is 0. The summed E-state index contributed by atoms with van der Waals surface area (Å²) in [5, 5.41) is 2.78. The number of alkyl halides is 4. The number of ketones is 1. The van der Waals surface area contributed by atoms with Crippen molar-refractivity contribution < 1.29 is 31.9 Å². The maximum absolute atomic E-state index is 13.0. The topological polar surface area (TPSA) is 81.2 Å². The van der Waals surface area contributed by atoms with E-state index in [4.69, 9.17) is 4.74 Å². The fourth-order valence-corrected chi connectivity index (χ4v) is 2.85. The number of hydrogen-bond acceptors (Lipinski definition) is 5. The van der Waals surface area contributed by atoms with E-state index < -0.39 is 30.9 Å². The maximum Gasteiger partial charge on any atom is 0.340 e. The van der Waals surface area contributed by atoms with Gasteiger partial charge in [-0.25, -0.2) is 13.8 Å². The fraction of sp³-hybridized carbons (Fsp3) is 0.455. The van der Waals surface area contributed by atoms with Crippen molar-refractivity contribution in [2.75, 3.05) is 6.61 Å². The number of halogens is 4. The number of pyridine rings is 2. The minimum absolute atomic E-state index is 0.0427. The van der Waals surface area contributed by atoms with Crippen LogP contribution in [0.5, 0.6) is 5.88 Å². The number of carbonyl (C=O) groups is 2. The lowest BCUT2D eigenvalue weighted by Crippen LogP contribution is -2.34. The normalized spacial score (nSPS) is 12.5. The molecule has 1 unspecified atom stereocenters. The Bertz CT molecular complexity index is 954. The van der Waals surface area contributed by atoms with Crippen LogP contribution in [-0.2, 0) is 11.2 Å². The Labute approximate surface area is 183 Å². The van der Waals surface area contributed by atoms with Gasteiger partial charge in [0, 0.05) is 42.1 Å². The molecule has 0 aromatic carbocycles. The van der Waals surface area contributed by atoms with E-state index in [9.17, 15) is 27.2 Å². The molecule has 0 saturated carbocycles. The monoisotopic (exact) mass is 455 g/mol. The summed E-state index contributed by atoms with van der Waals surface area (Å²) in [6.45, 7) is 3.65. The summed E-state index contributed by atoms with van der Waals surface area (Å²) < 4.78 is 55.3. The molecule has 32 heavy (non-hydrogen) atoms. The Kier molecular flexibility index (Phi) is 8.68. The maximum atomic E-state index is 13.0. The van der Waals surface area contributed by atoms with E-state index in [1.165, 1.54) is 25.4 Å². The van der Waals surface area contributed by atoms with E-state index in [0.717, 1.165) is 6.42 Å².